The SMILES string of the molecule is CN(CC1(C(=O)O)CCCC1)c1ccccc1. The number of benzene rings is 1. The van der Waals surface area contributed by atoms with Crippen LogP contribution in [0.5, 0.6) is 0 Å². The number of nitrogens with zero attached hydrogens (tertiary/aromatic N) is 1. The van der Waals surface area contributed by atoms with Gasteiger partial charge in [0.05, 0.1) is 5.41 Å². The van der Waals surface area contributed by atoms with Gasteiger partial charge in [0.2, 0.25) is 0 Å². The second kappa shape index (κ2) is 4.78. The van der Waals surface area contributed by atoms with Gasteiger partial charge in [-0.2, -0.15) is 0 Å². The van der Waals surface area contributed by atoms with Crippen molar-refractivity contribution in [2.45, 2.75) is 25.7 Å². The maximum absolute atomic E-state index is 11.5. The molecule has 1 aliphatic rings. The summed E-state index contributed by atoms with van der Waals surface area (Å²) in [6, 6.07) is 9.97. The molecule has 1 fully saturated rings. The molecule has 0 spiro atoms. The van der Waals surface area contributed by atoms with Gasteiger partial charge in [-0.3, -0.25) is 4.79 Å². The Morgan fingerprint density at radius 1 is 1.29 bits per heavy atom. The molecule has 1 aromatic carbocycles. The standard InChI is InChI=1S/C14H19NO2/c1-15(12-7-3-2-4-8-12)11-14(13(16)17)9-5-6-10-14/h2-4,7-8H,5-6,9-11H2,1H3,(H,16,17). The van der Waals surface area contributed by atoms with Crippen LogP contribution in [0.25, 0.3) is 0 Å². The van der Waals surface area contributed by atoms with Gasteiger partial charge < -0.3 is 10.0 Å². The van der Waals surface area contributed by atoms with E-state index >= 15 is 0 Å². The fraction of sp³-hybridized carbons (Fsp3) is 0.500. The molecule has 3 nitrogen and oxygen atoms in total. The summed E-state index contributed by atoms with van der Waals surface area (Å²) < 4.78 is 0. The Labute approximate surface area is 102 Å². The van der Waals surface area contributed by atoms with Crippen molar-refractivity contribution in [1.82, 2.24) is 0 Å². The van der Waals surface area contributed by atoms with Crippen LogP contribution in [0.1, 0.15) is 25.7 Å². The second-order valence-electron chi connectivity index (χ2n) is 4.98. The largest absolute Gasteiger partial charge is 0.481 e. The quantitative estimate of drug-likeness (QED) is 0.869. The van der Waals surface area contributed by atoms with E-state index in [0.717, 1.165) is 31.4 Å². The number of carbonyl (C=O) groups is 1. The van der Waals surface area contributed by atoms with E-state index in [1.807, 2.05) is 37.4 Å². The molecule has 0 amide bonds. The van der Waals surface area contributed by atoms with Crippen LogP contribution in [0.2, 0.25) is 0 Å². The Morgan fingerprint density at radius 3 is 2.41 bits per heavy atom. The molecule has 1 saturated carbocycles. The molecule has 0 unspecified atom stereocenters. The van der Waals surface area contributed by atoms with E-state index in [4.69, 9.17) is 0 Å². The summed E-state index contributed by atoms with van der Waals surface area (Å²) in [6.07, 6.45) is 3.68. The highest BCUT2D eigenvalue weighted by Gasteiger charge is 2.42. The van der Waals surface area contributed by atoms with Crippen LogP contribution in [-0.4, -0.2) is 24.7 Å². The van der Waals surface area contributed by atoms with Gasteiger partial charge in [0, 0.05) is 19.3 Å². The predicted molar refractivity (Wildman–Crippen MR) is 68.2 cm³/mol. The Morgan fingerprint density at radius 2 is 1.88 bits per heavy atom. The van der Waals surface area contributed by atoms with Crippen LogP contribution in [0.3, 0.4) is 0 Å². The molecule has 2 rings (SSSR count). The normalized spacial score (nSPS) is 17.9. The number of aliphatic carboxylic acids is 1. The molecule has 0 atom stereocenters. The van der Waals surface area contributed by atoms with Crippen molar-refractivity contribution < 1.29 is 9.90 Å². The van der Waals surface area contributed by atoms with Gasteiger partial charge in [0.25, 0.3) is 0 Å². The molecule has 17 heavy (non-hydrogen) atoms. The number of rotatable bonds is 4. The van der Waals surface area contributed by atoms with Crippen molar-refractivity contribution in [2.24, 2.45) is 5.41 Å². The molecule has 0 heterocycles. The molecule has 1 N–H and O–H groups in total. The molecule has 0 bridgehead atoms. The topological polar surface area (TPSA) is 40.5 Å². The van der Waals surface area contributed by atoms with Crippen LogP contribution in [0.4, 0.5) is 5.69 Å². The molecule has 0 saturated heterocycles. The van der Waals surface area contributed by atoms with Crippen molar-refractivity contribution in [2.75, 3.05) is 18.5 Å². The first kappa shape index (κ1) is 12.0. The first-order valence-corrected chi connectivity index (χ1v) is 6.14. The Hall–Kier alpha value is -1.51. The van der Waals surface area contributed by atoms with E-state index in [1.165, 1.54) is 0 Å². The lowest BCUT2D eigenvalue weighted by Gasteiger charge is -2.31. The lowest BCUT2D eigenvalue weighted by molar-refractivity contribution is -0.148. The van der Waals surface area contributed by atoms with Crippen molar-refractivity contribution >= 4 is 11.7 Å². The van der Waals surface area contributed by atoms with Gasteiger partial charge in [0.15, 0.2) is 0 Å². The summed E-state index contributed by atoms with van der Waals surface area (Å²) in [5, 5.41) is 9.43. The highest BCUT2D eigenvalue weighted by atomic mass is 16.4. The Balaban J connectivity index is 2.11. The van der Waals surface area contributed by atoms with Crippen LogP contribution < -0.4 is 4.90 Å². The lowest BCUT2D eigenvalue weighted by atomic mass is 9.85. The molecule has 0 aromatic heterocycles. The van der Waals surface area contributed by atoms with Crippen LogP contribution in [0.15, 0.2) is 30.3 Å². The number of hydrogen-bond donors (Lipinski definition) is 1. The summed E-state index contributed by atoms with van der Waals surface area (Å²) in [7, 11) is 1.97. The maximum Gasteiger partial charge on any atom is 0.311 e. The first-order chi connectivity index (χ1) is 8.14. The summed E-state index contributed by atoms with van der Waals surface area (Å²) in [5.41, 5.74) is 0.546. The van der Waals surface area contributed by atoms with Gasteiger partial charge in [-0.25, -0.2) is 0 Å². The van der Waals surface area contributed by atoms with E-state index in [1.54, 1.807) is 0 Å². The second-order valence-corrected chi connectivity index (χ2v) is 4.98. The van der Waals surface area contributed by atoms with E-state index in [2.05, 4.69) is 4.90 Å². The van der Waals surface area contributed by atoms with Crippen molar-refractivity contribution in [3.63, 3.8) is 0 Å². The van der Waals surface area contributed by atoms with Crippen LogP contribution in [-0.2, 0) is 4.79 Å². The van der Waals surface area contributed by atoms with E-state index in [-0.39, 0.29) is 0 Å². The Bertz CT molecular complexity index is 382. The molecule has 0 aliphatic heterocycles. The summed E-state index contributed by atoms with van der Waals surface area (Å²) in [5.74, 6) is -0.641. The van der Waals surface area contributed by atoms with Gasteiger partial charge in [-0.05, 0) is 25.0 Å². The number of para-hydroxylation sites is 1. The average molecular weight is 233 g/mol. The molecule has 1 aromatic rings. The van der Waals surface area contributed by atoms with E-state index < -0.39 is 11.4 Å². The van der Waals surface area contributed by atoms with Crippen molar-refractivity contribution in [3.05, 3.63) is 30.3 Å². The minimum Gasteiger partial charge on any atom is -0.481 e. The summed E-state index contributed by atoms with van der Waals surface area (Å²) in [4.78, 5) is 13.5. The lowest BCUT2D eigenvalue weighted by Crippen LogP contribution is -2.39. The minimum absolute atomic E-state index is 0.537. The zero-order chi connectivity index (χ0) is 12.3. The smallest absolute Gasteiger partial charge is 0.311 e. The third kappa shape index (κ3) is 2.43. The number of anilines is 1. The van der Waals surface area contributed by atoms with Crippen LogP contribution in [0, 0.1) is 5.41 Å². The third-order valence-corrected chi connectivity index (χ3v) is 3.75. The third-order valence-electron chi connectivity index (χ3n) is 3.75. The zero-order valence-electron chi connectivity index (χ0n) is 10.2. The van der Waals surface area contributed by atoms with Gasteiger partial charge in [0.1, 0.15) is 0 Å². The number of carboxylic acid groups (broad SMARTS) is 1. The van der Waals surface area contributed by atoms with Crippen LogP contribution >= 0.6 is 0 Å². The van der Waals surface area contributed by atoms with Gasteiger partial charge in [-0.15, -0.1) is 0 Å². The average Bonchev–Trinajstić information content (AvgIpc) is 2.80. The summed E-state index contributed by atoms with van der Waals surface area (Å²) in [6.45, 7) is 0.604. The fourth-order valence-electron chi connectivity index (χ4n) is 2.72. The van der Waals surface area contributed by atoms with Crippen molar-refractivity contribution in [1.29, 1.82) is 0 Å². The molecular weight excluding hydrogens is 214 g/mol. The number of hydrogen-bond acceptors (Lipinski definition) is 2. The molecule has 3 heteroatoms. The monoisotopic (exact) mass is 233 g/mol. The molecule has 0 radical (unpaired) electrons. The fourth-order valence-corrected chi connectivity index (χ4v) is 2.72. The molecule has 1 aliphatic carbocycles. The van der Waals surface area contributed by atoms with Crippen molar-refractivity contribution in [3.8, 4) is 0 Å². The molecular formula is C14H19NO2. The minimum atomic E-state index is -0.641. The Kier molecular flexibility index (Phi) is 3.36. The van der Waals surface area contributed by atoms with Gasteiger partial charge in [-0.1, -0.05) is 31.0 Å². The van der Waals surface area contributed by atoms with Gasteiger partial charge >= 0.3 is 5.97 Å². The number of carboxylic acids is 1. The summed E-state index contributed by atoms with van der Waals surface area (Å²) >= 11 is 0. The highest BCUT2D eigenvalue weighted by Crippen LogP contribution is 2.39. The van der Waals surface area contributed by atoms with E-state index in [9.17, 15) is 9.90 Å². The maximum atomic E-state index is 11.5. The van der Waals surface area contributed by atoms with E-state index in [0.29, 0.717) is 6.54 Å². The molecule has 92 valence electrons. The highest BCUT2D eigenvalue weighted by molar-refractivity contribution is 5.76. The zero-order valence-corrected chi connectivity index (χ0v) is 10.2. The predicted octanol–water partition coefficient (Wildman–Crippen LogP) is 2.77. The first-order valence-electron chi connectivity index (χ1n) is 6.14.